The Hall–Kier alpha value is -3.13. The van der Waals surface area contributed by atoms with E-state index in [0.29, 0.717) is 0 Å². The van der Waals surface area contributed by atoms with Crippen molar-refractivity contribution >= 4 is 27.9 Å². The average molecular weight is 422 g/mol. The standard InChI is InChI=1S/C22H23N5O2S/c1-4-20-24-25-22(30-20)27-13(3)8-15-9-18-19(29-11-28-18)10-16(15)21(26-27)14-5-6-17(23)12(2)7-14/h5-7,9-10,13H,4,8,11,23H2,1-3H3. The summed E-state index contributed by atoms with van der Waals surface area (Å²) < 4.78 is 11.3. The summed E-state index contributed by atoms with van der Waals surface area (Å²) in [5, 5.41) is 17.6. The Balaban J connectivity index is 1.70. The molecule has 0 radical (unpaired) electrons. The van der Waals surface area contributed by atoms with Gasteiger partial charge in [-0.25, -0.2) is 5.01 Å². The SMILES string of the molecule is CCc1nnc(N2N=C(c3ccc(N)c(C)c3)c3cc4c(cc3CC2C)OCO4)s1. The third-order valence-corrected chi connectivity index (χ3v) is 6.55. The van der Waals surface area contributed by atoms with E-state index in [1.807, 2.05) is 30.1 Å². The van der Waals surface area contributed by atoms with Crippen molar-refractivity contribution in [2.75, 3.05) is 17.5 Å². The lowest BCUT2D eigenvalue weighted by molar-refractivity contribution is 0.174. The molecule has 2 aromatic carbocycles. The minimum atomic E-state index is 0.106. The number of nitrogen functional groups attached to an aromatic ring is 1. The van der Waals surface area contributed by atoms with Crippen LogP contribution in [0, 0.1) is 6.92 Å². The quantitative estimate of drug-likeness (QED) is 0.645. The van der Waals surface area contributed by atoms with Crippen molar-refractivity contribution in [1.82, 2.24) is 10.2 Å². The number of nitrogens with two attached hydrogens (primary N) is 1. The zero-order chi connectivity index (χ0) is 20.8. The number of ether oxygens (including phenoxy) is 2. The van der Waals surface area contributed by atoms with E-state index in [9.17, 15) is 0 Å². The van der Waals surface area contributed by atoms with Crippen LogP contribution in [0.1, 0.15) is 41.1 Å². The highest BCUT2D eigenvalue weighted by atomic mass is 32.1. The van der Waals surface area contributed by atoms with Crippen molar-refractivity contribution in [3.05, 3.63) is 57.6 Å². The van der Waals surface area contributed by atoms with E-state index in [2.05, 4.69) is 36.2 Å². The Morgan fingerprint density at radius 2 is 1.97 bits per heavy atom. The highest BCUT2D eigenvalue weighted by Gasteiger charge is 2.29. The van der Waals surface area contributed by atoms with Gasteiger partial charge in [-0.15, -0.1) is 10.2 Å². The summed E-state index contributed by atoms with van der Waals surface area (Å²) in [7, 11) is 0. The van der Waals surface area contributed by atoms with Crippen molar-refractivity contribution in [2.45, 2.75) is 39.7 Å². The maximum atomic E-state index is 6.07. The molecule has 2 aliphatic heterocycles. The van der Waals surface area contributed by atoms with Gasteiger partial charge in [0, 0.05) is 16.8 Å². The molecular formula is C22H23N5O2S. The Labute approximate surface area is 179 Å². The molecular weight excluding hydrogens is 398 g/mol. The van der Waals surface area contributed by atoms with Crippen molar-refractivity contribution in [3.8, 4) is 11.5 Å². The van der Waals surface area contributed by atoms with Gasteiger partial charge in [0.15, 0.2) is 11.5 Å². The number of hydrogen-bond donors (Lipinski definition) is 1. The van der Waals surface area contributed by atoms with Gasteiger partial charge < -0.3 is 15.2 Å². The maximum absolute atomic E-state index is 6.07. The van der Waals surface area contributed by atoms with E-state index in [4.69, 9.17) is 20.3 Å². The minimum Gasteiger partial charge on any atom is -0.454 e. The fourth-order valence-electron chi connectivity index (χ4n) is 3.79. The van der Waals surface area contributed by atoms with Crippen LogP contribution in [0.3, 0.4) is 0 Å². The number of anilines is 2. The topological polar surface area (TPSA) is 85.9 Å². The predicted molar refractivity (Wildman–Crippen MR) is 119 cm³/mol. The normalized spacial score (nSPS) is 17.5. The first-order valence-electron chi connectivity index (χ1n) is 10.0. The molecule has 0 spiro atoms. The summed E-state index contributed by atoms with van der Waals surface area (Å²) >= 11 is 1.58. The van der Waals surface area contributed by atoms with E-state index in [0.717, 1.165) is 62.6 Å². The maximum Gasteiger partial charge on any atom is 0.231 e. The van der Waals surface area contributed by atoms with Gasteiger partial charge in [0.05, 0.1) is 11.8 Å². The van der Waals surface area contributed by atoms with Crippen LogP contribution >= 0.6 is 11.3 Å². The molecule has 0 fully saturated rings. The molecule has 2 N–H and O–H groups in total. The Bertz CT molecular complexity index is 1160. The van der Waals surface area contributed by atoms with Crippen LogP contribution in [-0.4, -0.2) is 28.7 Å². The molecule has 3 aromatic rings. The monoisotopic (exact) mass is 421 g/mol. The van der Waals surface area contributed by atoms with Crippen LogP contribution in [0.15, 0.2) is 35.4 Å². The third kappa shape index (κ3) is 3.17. The van der Waals surface area contributed by atoms with E-state index in [1.165, 1.54) is 5.56 Å². The molecule has 0 saturated heterocycles. The lowest BCUT2D eigenvalue weighted by Crippen LogP contribution is -2.29. The first kappa shape index (κ1) is 18.9. The number of nitrogens with zero attached hydrogens (tertiary/aromatic N) is 4. The summed E-state index contributed by atoms with van der Waals surface area (Å²) in [4.78, 5) is 0. The fraction of sp³-hybridized carbons (Fsp3) is 0.318. The van der Waals surface area contributed by atoms with Crippen LogP contribution in [0.5, 0.6) is 11.5 Å². The predicted octanol–water partition coefficient (Wildman–Crippen LogP) is 3.92. The van der Waals surface area contributed by atoms with Crippen molar-refractivity contribution in [3.63, 3.8) is 0 Å². The molecule has 7 nitrogen and oxygen atoms in total. The van der Waals surface area contributed by atoms with Crippen LogP contribution in [-0.2, 0) is 12.8 Å². The zero-order valence-electron chi connectivity index (χ0n) is 17.2. The molecule has 0 bridgehead atoms. The molecule has 1 atom stereocenters. The number of rotatable bonds is 3. The summed E-state index contributed by atoms with van der Waals surface area (Å²) in [5.74, 6) is 1.53. The second kappa shape index (κ2) is 7.28. The second-order valence-electron chi connectivity index (χ2n) is 7.61. The summed E-state index contributed by atoms with van der Waals surface area (Å²) in [6.07, 6.45) is 1.66. The summed E-state index contributed by atoms with van der Waals surface area (Å²) in [6.45, 7) is 6.49. The molecule has 0 amide bonds. The number of benzene rings is 2. The van der Waals surface area contributed by atoms with Gasteiger partial charge in [-0.1, -0.05) is 24.3 Å². The first-order chi connectivity index (χ1) is 14.5. The average Bonchev–Trinajstić information content (AvgIpc) is 3.36. The first-order valence-corrected chi connectivity index (χ1v) is 10.8. The molecule has 2 aliphatic rings. The van der Waals surface area contributed by atoms with Crippen LogP contribution < -0.4 is 20.2 Å². The van der Waals surface area contributed by atoms with E-state index in [1.54, 1.807) is 11.3 Å². The van der Waals surface area contributed by atoms with Crippen molar-refractivity contribution < 1.29 is 9.47 Å². The molecule has 1 unspecified atom stereocenters. The zero-order valence-corrected chi connectivity index (χ0v) is 18.0. The Morgan fingerprint density at radius 3 is 2.70 bits per heavy atom. The van der Waals surface area contributed by atoms with Gasteiger partial charge in [0.1, 0.15) is 5.01 Å². The van der Waals surface area contributed by atoms with Crippen LogP contribution in [0.25, 0.3) is 0 Å². The van der Waals surface area contributed by atoms with Gasteiger partial charge in [-0.2, -0.15) is 5.10 Å². The molecule has 5 rings (SSSR count). The van der Waals surface area contributed by atoms with E-state index >= 15 is 0 Å². The summed E-state index contributed by atoms with van der Waals surface area (Å²) in [5.41, 5.74) is 11.9. The molecule has 8 heteroatoms. The Morgan fingerprint density at radius 1 is 1.17 bits per heavy atom. The highest BCUT2D eigenvalue weighted by Crippen LogP contribution is 2.38. The van der Waals surface area contributed by atoms with Crippen molar-refractivity contribution in [1.29, 1.82) is 0 Å². The lowest BCUT2D eigenvalue weighted by Gasteiger charge is -2.22. The van der Waals surface area contributed by atoms with E-state index in [-0.39, 0.29) is 12.8 Å². The van der Waals surface area contributed by atoms with Gasteiger partial charge in [0.25, 0.3) is 0 Å². The number of fused-ring (bicyclic) bond motifs is 2. The van der Waals surface area contributed by atoms with Gasteiger partial charge in [-0.3, -0.25) is 0 Å². The highest BCUT2D eigenvalue weighted by molar-refractivity contribution is 7.15. The largest absolute Gasteiger partial charge is 0.454 e. The van der Waals surface area contributed by atoms with E-state index < -0.39 is 0 Å². The smallest absolute Gasteiger partial charge is 0.231 e. The molecule has 1 aromatic heterocycles. The van der Waals surface area contributed by atoms with Gasteiger partial charge >= 0.3 is 0 Å². The minimum absolute atomic E-state index is 0.106. The summed E-state index contributed by atoms with van der Waals surface area (Å²) in [6, 6.07) is 10.2. The molecule has 0 aliphatic carbocycles. The Kier molecular flexibility index (Phi) is 4.58. The third-order valence-electron chi connectivity index (χ3n) is 5.49. The van der Waals surface area contributed by atoms with Crippen LogP contribution in [0.2, 0.25) is 0 Å². The number of hydrazone groups is 1. The second-order valence-corrected chi connectivity index (χ2v) is 8.65. The molecule has 30 heavy (non-hydrogen) atoms. The van der Waals surface area contributed by atoms with Crippen molar-refractivity contribution in [2.24, 2.45) is 5.10 Å². The number of aryl methyl sites for hydroxylation is 2. The van der Waals surface area contributed by atoms with Gasteiger partial charge in [-0.05, 0) is 62.1 Å². The molecule has 3 heterocycles. The molecule has 154 valence electrons. The van der Waals surface area contributed by atoms with Crippen LogP contribution in [0.4, 0.5) is 10.8 Å². The van der Waals surface area contributed by atoms with Gasteiger partial charge in [0.2, 0.25) is 11.9 Å². The fourth-order valence-corrected chi connectivity index (χ4v) is 4.62. The lowest BCUT2D eigenvalue weighted by atomic mass is 9.93. The molecule has 0 saturated carbocycles. The number of hydrogen-bond acceptors (Lipinski definition) is 8. The number of aromatic nitrogens is 2.